The molecule has 1 aromatic heterocycles. The molecule has 2 fully saturated rings. The second-order valence-electron chi connectivity index (χ2n) is 13.9. The maximum absolute atomic E-state index is 13.3. The highest BCUT2D eigenvalue weighted by molar-refractivity contribution is 7.97. The van der Waals surface area contributed by atoms with Crippen LogP contribution >= 0.6 is 23.5 Å². The fraction of sp³-hybridized carbons (Fsp3) is 0.488. The van der Waals surface area contributed by atoms with Crippen molar-refractivity contribution in [2.75, 3.05) is 19.6 Å². The molecule has 1 aliphatic carbocycles. The van der Waals surface area contributed by atoms with E-state index in [0.717, 1.165) is 72.3 Å². The van der Waals surface area contributed by atoms with Gasteiger partial charge in [0.2, 0.25) is 0 Å². The van der Waals surface area contributed by atoms with E-state index in [2.05, 4.69) is 56.6 Å². The summed E-state index contributed by atoms with van der Waals surface area (Å²) in [4.78, 5) is 25.6. The Morgan fingerprint density at radius 3 is 2.51 bits per heavy atom. The van der Waals surface area contributed by atoms with E-state index in [-0.39, 0.29) is 11.3 Å². The molecule has 6 nitrogen and oxygen atoms in total. The molecule has 2 N–H and O–H groups in total. The van der Waals surface area contributed by atoms with Crippen LogP contribution in [0.3, 0.4) is 0 Å². The molecule has 1 unspecified atom stereocenters. The number of nitrogens with zero attached hydrogens (tertiary/aromatic N) is 4. The van der Waals surface area contributed by atoms with Crippen LogP contribution in [0.5, 0.6) is 0 Å². The molecular formula is C41H56ClN5OS. The average molecular weight is 702 g/mol. The van der Waals surface area contributed by atoms with Crippen molar-refractivity contribution in [1.82, 2.24) is 14.5 Å². The lowest BCUT2D eigenvalue weighted by Gasteiger charge is -2.42. The summed E-state index contributed by atoms with van der Waals surface area (Å²) in [5, 5.41) is 8.24. The molecule has 264 valence electrons. The molecule has 2 heterocycles. The molecule has 0 spiro atoms. The molecule has 1 aliphatic heterocycles. The van der Waals surface area contributed by atoms with Crippen molar-refractivity contribution in [2.24, 2.45) is 23.1 Å². The van der Waals surface area contributed by atoms with E-state index in [4.69, 9.17) is 21.7 Å². The molecular weight excluding hydrogens is 646 g/mol. The van der Waals surface area contributed by atoms with Crippen LogP contribution in [0.25, 0.3) is 12.7 Å². The van der Waals surface area contributed by atoms with Gasteiger partial charge in [0.25, 0.3) is 5.91 Å². The lowest BCUT2D eigenvalue weighted by atomic mass is 9.70. The maximum atomic E-state index is 13.3. The van der Waals surface area contributed by atoms with Crippen molar-refractivity contribution in [1.29, 1.82) is 0 Å². The fourth-order valence-electron chi connectivity index (χ4n) is 7.13. The Morgan fingerprint density at radius 1 is 1.20 bits per heavy atom. The summed E-state index contributed by atoms with van der Waals surface area (Å²) in [6.45, 7) is 17.0. The summed E-state index contributed by atoms with van der Waals surface area (Å²) in [6.07, 6.45) is 15.1. The number of aromatic nitrogens is 2. The van der Waals surface area contributed by atoms with Gasteiger partial charge in [0.15, 0.2) is 0 Å². The number of hydrogen-bond acceptors (Lipinski definition) is 5. The number of likely N-dealkylation sites (tertiary alicyclic amines) is 1. The van der Waals surface area contributed by atoms with Crippen molar-refractivity contribution in [3.8, 4) is 0 Å². The Hall–Kier alpha value is -3.13. The number of carbonyl (C=O) groups is 1. The van der Waals surface area contributed by atoms with Crippen LogP contribution in [-0.2, 0) is 12.5 Å². The number of carbonyl (C=O) groups excluding carboxylic acids is 1. The van der Waals surface area contributed by atoms with Gasteiger partial charge in [0.05, 0.1) is 15.7 Å². The Balaban J connectivity index is 0.000000380. The summed E-state index contributed by atoms with van der Waals surface area (Å²) < 4.78 is 1.98. The maximum Gasteiger partial charge on any atom is 0.253 e. The Kier molecular flexibility index (Phi) is 14.4. The summed E-state index contributed by atoms with van der Waals surface area (Å²) in [5.41, 5.74) is 4.93. The molecule has 0 bridgehead atoms. The third kappa shape index (κ3) is 9.77. The van der Waals surface area contributed by atoms with Crippen LogP contribution in [-0.4, -0.2) is 45.7 Å². The number of hydrogen-bond donors (Lipinski definition) is 1. The lowest BCUT2D eigenvalue weighted by molar-refractivity contribution is 0.0660. The largest absolute Gasteiger partial charge is 0.339 e. The summed E-state index contributed by atoms with van der Waals surface area (Å²) in [5.74, 6) is 2.27. The number of rotatable bonds is 10. The quantitative estimate of drug-likeness (QED) is 0.215. The fourth-order valence-corrected chi connectivity index (χ4v) is 7.76. The number of aryl methyl sites for hydroxylation is 1. The SMILES string of the molecule is C=c1/c(=C\C=C/C)nc(C)n1C.CCCC1CCCC1=NCCC1(c2ccc(C(C)C)cc2)CCN(C(=O)c2ccc(Cl)c(SN)c2)CC1. The topological polar surface area (TPSA) is 76.5 Å². The van der Waals surface area contributed by atoms with E-state index in [1.165, 1.54) is 48.9 Å². The predicted octanol–water partition coefficient (Wildman–Crippen LogP) is 8.53. The van der Waals surface area contributed by atoms with Crippen molar-refractivity contribution < 1.29 is 4.79 Å². The Morgan fingerprint density at radius 2 is 1.92 bits per heavy atom. The molecule has 1 saturated heterocycles. The monoisotopic (exact) mass is 701 g/mol. The van der Waals surface area contributed by atoms with Crippen LogP contribution < -0.4 is 15.8 Å². The first kappa shape index (κ1) is 38.7. The van der Waals surface area contributed by atoms with Gasteiger partial charge < -0.3 is 9.47 Å². The number of benzene rings is 2. The standard InChI is InChI=1S/C31H42ClN3OS.C10H14N2/c1-4-6-24-7-5-8-28(24)34-18-15-31(26-12-9-23(10-13-26)22(2)3)16-19-35(20-17-31)30(36)25-11-14-27(32)29(21-25)37-33;1-5-6-7-10-8(2)12(4)9(3)11-10/h9-14,21-22,24H,4-8,15-20,33H2,1-3H3;5-7H,2H2,1,3-4H3/b;6-5-,10-7+. The summed E-state index contributed by atoms with van der Waals surface area (Å²) in [6, 6.07) is 14.6. The predicted molar refractivity (Wildman–Crippen MR) is 210 cm³/mol. The second-order valence-corrected chi connectivity index (χ2v) is 14.9. The normalized spacial score (nSPS) is 18.8. The molecule has 2 aromatic carbocycles. The first-order valence-electron chi connectivity index (χ1n) is 17.9. The Bertz CT molecular complexity index is 1720. The molecule has 1 saturated carbocycles. The Labute approximate surface area is 303 Å². The van der Waals surface area contributed by atoms with Gasteiger partial charge in [-0.3, -0.25) is 14.9 Å². The number of aliphatic imine (C=N–C) groups is 1. The minimum Gasteiger partial charge on any atom is -0.339 e. The number of allylic oxidation sites excluding steroid dienone is 2. The van der Waals surface area contributed by atoms with Crippen molar-refractivity contribution in [2.45, 2.75) is 102 Å². The van der Waals surface area contributed by atoms with E-state index in [0.29, 0.717) is 22.4 Å². The minimum atomic E-state index is 0.0491. The van der Waals surface area contributed by atoms with Crippen LogP contribution in [0.4, 0.5) is 0 Å². The molecule has 0 radical (unpaired) electrons. The molecule has 49 heavy (non-hydrogen) atoms. The van der Waals surface area contributed by atoms with E-state index >= 15 is 0 Å². The van der Waals surface area contributed by atoms with Gasteiger partial charge in [0, 0.05) is 48.3 Å². The number of imidazole rings is 1. The van der Waals surface area contributed by atoms with Crippen molar-refractivity contribution in [3.63, 3.8) is 0 Å². The van der Waals surface area contributed by atoms with Gasteiger partial charge in [-0.05, 0) is 118 Å². The van der Waals surface area contributed by atoms with Crippen LogP contribution in [0.1, 0.15) is 112 Å². The highest BCUT2D eigenvalue weighted by Gasteiger charge is 2.37. The smallest absolute Gasteiger partial charge is 0.253 e. The van der Waals surface area contributed by atoms with Crippen molar-refractivity contribution in [3.05, 3.63) is 92.9 Å². The van der Waals surface area contributed by atoms with E-state index in [9.17, 15) is 4.79 Å². The minimum absolute atomic E-state index is 0.0491. The zero-order valence-corrected chi connectivity index (χ0v) is 32.0. The van der Waals surface area contributed by atoms with E-state index < -0.39 is 0 Å². The first-order chi connectivity index (χ1) is 23.5. The zero-order valence-electron chi connectivity index (χ0n) is 30.5. The summed E-state index contributed by atoms with van der Waals surface area (Å²) in [7, 11) is 1.97. The van der Waals surface area contributed by atoms with Gasteiger partial charge in [0.1, 0.15) is 5.82 Å². The molecule has 1 atom stereocenters. The third-order valence-corrected chi connectivity index (χ3v) is 11.4. The lowest BCUT2D eigenvalue weighted by Crippen LogP contribution is -2.45. The van der Waals surface area contributed by atoms with E-state index in [1.54, 1.807) is 12.1 Å². The third-order valence-electron chi connectivity index (χ3n) is 10.4. The van der Waals surface area contributed by atoms with Crippen molar-refractivity contribution >= 4 is 47.8 Å². The average Bonchev–Trinajstić information content (AvgIpc) is 3.66. The van der Waals surface area contributed by atoms with Gasteiger partial charge >= 0.3 is 0 Å². The second kappa shape index (κ2) is 18.2. The van der Waals surface area contributed by atoms with Gasteiger partial charge in [-0.15, -0.1) is 0 Å². The number of nitrogens with two attached hydrogens (primary N) is 1. The van der Waals surface area contributed by atoms with Crippen LogP contribution in [0.15, 0.2) is 64.5 Å². The molecule has 1 amide bonds. The molecule has 2 aliphatic rings. The highest BCUT2D eigenvalue weighted by atomic mass is 35.5. The van der Waals surface area contributed by atoms with E-state index in [1.807, 2.05) is 54.7 Å². The van der Waals surface area contributed by atoms with Gasteiger partial charge in [-0.25, -0.2) is 4.98 Å². The number of piperidine rings is 1. The molecule has 8 heteroatoms. The zero-order chi connectivity index (χ0) is 35.6. The van der Waals surface area contributed by atoms with Gasteiger partial charge in [-0.1, -0.05) is 81.8 Å². The number of halogens is 1. The summed E-state index contributed by atoms with van der Waals surface area (Å²) >= 11 is 7.29. The van der Waals surface area contributed by atoms with Gasteiger partial charge in [-0.2, -0.15) is 0 Å². The van der Waals surface area contributed by atoms with Crippen LogP contribution in [0, 0.1) is 12.8 Å². The number of amides is 1. The molecule has 3 aromatic rings. The molecule has 5 rings (SSSR count). The van der Waals surface area contributed by atoms with Crippen LogP contribution in [0.2, 0.25) is 5.02 Å². The highest BCUT2D eigenvalue weighted by Crippen LogP contribution is 2.40. The first-order valence-corrected chi connectivity index (χ1v) is 19.2.